The average molecular weight is 310 g/mol. The van der Waals surface area contributed by atoms with Gasteiger partial charge in [-0.15, -0.1) is 0 Å². The predicted molar refractivity (Wildman–Crippen MR) is 85.8 cm³/mol. The standard InChI is InChI=1S/C15H17Cl2N3/c1-4-20(5-2)15-18-13(16)12(14(17)19-15)11-9-7-6-8-10(11)3/h6-9H,4-5H2,1-3H3. The Morgan fingerprint density at radius 3 is 2.05 bits per heavy atom. The van der Waals surface area contributed by atoms with E-state index in [4.69, 9.17) is 23.2 Å². The van der Waals surface area contributed by atoms with Crippen molar-refractivity contribution in [1.82, 2.24) is 9.97 Å². The first-order valence-electron chi connectivity index (χ1n) is 6.62. The number of benzene rings is 1. The van der Waals surface area contributed by atoms with Crippen LogP contribution < -0.4 is 4.90 Å². The summed E-state index contributed by atoms with van der Waals surface area (Å²) in [6.45, 7) is 7.73. The molecule has 0 N–H and O–H groups in total. The zero-order valence-electron chi connectivity index (χ0n) is 11.8. The highest BCUT2D eigenvalue weighted by atomic mass is 35.5. The molecule has 0 bridgehead atoms. The minimum Gasteiger partial charge on any atom is -0.341 e. The first kappa shape index (κ1) is 15.1. The topological polar surface area (TPSA) is 29.0 Å². The van der Waals surface area contributed by atoms with E-state index in [1.54, 1.807) is 0 Å². The van der Waals surface area contributed by atoms with Crippen molar-refractivity contribution >= 4 is 29.2 Å². The van der Waals surface area contributed by atoms with Gasteiger partial charge in [0.2, 0.25) is 5.95 Å². The number of rotatable bonds is 4. The van der Waals surface area contributed by atoms with Gasteiger partial charge in [-0.25, -0.2) is 9.97 Å². The van der Waals surface area contributed by atoms with Gasteiger partial charge in [0, 0.05) is 13.1 Å². The van der Waals surface area contributed by atoms with Gasteiger partial charge in [-0.1, -0.05) is 47.5 Å². The summed E-state index contributed by atoms with van der Waals surface area (Å²) >= 11 is 12.7. The molecule has 0 amide bonds. The molecule has 1 heterocycles. The van der Waals surface area contributed by atoms with E-state index >= 15 is 0 Å². The molecule has 0 saturated heterocycles. The number of hydrogen-bond acceptors (Lipinski definition) is 3. The van der Waals surface area contributed by atoms with Crippen LogP contribution in [0.4, 0.5) is 5.95 Å². The monoisotopic (exact) mass is 309 g/mol. The van der Waals surface area contributed by atoms with Crippen LogP contribution in [0.5, 0.6) is 0 Å². The normalized spacial score (nSPS) is 10.7. The molecule has 5 heteroatoms. The molecule has 0 radical (unpaired) electrons. The van der Waals surface area contributed by atoms with Crippen LogP contribution in [0.1, 0.15) is 19.4 Å². The lowest BCUT2D eigenvalue weighted by atomic mass is 10.0. The van der Waals surface area contributed by atoms with Gasteiger partial charge >= 0.3 is 0 Å². The highest BCUT2D eigenvalue weighted by Gasteiger charge is 2.17. The maximum absolute atomic E-state index is 6.34. The molecule has 2 rings (SSSR count). The molecular weight excluding hydrogens is 293 g/mol. The lowest BCUT2D eigenvalue weighted by Crippen LogP contribution is -2.24. The van der Waals surface area contributed by atoms with E-state index in [-0.39, 0.29) is 0 Å². The van der Waals surface area contributed by atoms with E-state index in [2.05, 4.69) is 9.97 Å². The second-order valence-electron chi connectivity index (χ2n) is 4.47. The van der Waals surface area contributed by atoms with E-state index in [1.165, 1.54) is 0 Å². The van der Waals surface area contributed by atoms with Gasteiger partial charge in [-0.2, -0.15) is 0 Å². The summed E-state index contributed by atoms with van der Waals surface area (Å²) in [5.74, 6) is 0.572. The molecule has 3 nitrogen and oxygen atoms in total. The Morgan fingerprint density at radius 1 is 1.00 bits per heavy atom. The Balaban J connectivity index is 2.55. The van der Waals surface area contributed by atoms with Crippen LogP contribution in [0.25, 0.3) is 11.1 Å². The lowest BCUT2D eigenvalue weighted by molar-refractivity contribution is 0.822. The summed E-state index contributed by atoms with van der Waals surface area (Å²) in [6.07, 6.45) is 0. The Labute approximate surface area is 129 Å². The summed E-state index contributed by atoms with van der Waals surface area (Å²) in [7, 11) is 0. The molecule has 20 heavy (non-hydrogen) atoms. The second kappa shape index (κ2) is 6.42. The SMILES string of the molecule is CCN(CC)c1nc(Cl)c(-c2ccccc2C)c(Cl)n1. The molecule has 0 saturated carbocycles. The van der Waals surface area contributed by atoms with Crippen LogP contribution in [0.3, 0.4) is 0 Å². The summed E-state index contributed by atoms with van der Waals surface area (Å²) in [4.78, 5) is 10.8. The molecule has 1 aromatic heterocycles. The van der Waals surface area contributed by atoms with E-state index < -0.39 is 0 Å². The highest BCUT2D eigenvalue weighted by Crippen LogP contribution is 2.35. The Hall–Kier alpha value is -1.32. The van der Waals surface area contributed by atoms with Gasteiger partial charge in [0.1, 0.15) is 10.3 Å². The van der Waals surface area contributed by atoms with E-state index in [0.29, 0.717) is 21.8 Å². The maximum Gasteiger partial charge on any atom is 0.228 e. The van der Waals surface area contributed by atoms with Gasteiger partial charge in [-0.3, -0.25) is 0 Å². The number of hydrogen-bond donors (Lipinski definition) is 0. The Morgan fingerprint density at radius 2 is 1.55 bits per heavy atom. The van der Waals surface area contributed by atoms with Gasteiger partial charge < -0.3 is 4.90 Å². The van der Waals surface area contributed by atoms with Crippen LogP contribution in [-0.2, 0) is 0 Å². The minimum absolute atomic E-state index is 0.390. The summed E-state index contributed by atoms with van der Waals surface area (Å²) in [5.41, 5.74) is 2.76. The van der Waals surface area contributed by atoms with Crippen molar-refractivity contribution in [2.45, 2.75) is 20.8 Å². The molecule has 0 aliphatic carbocycles. The molecule has 106 valence electrons. The number of aryl methyl sites for hydroxylation is 1. The first-order chi connectivity index (χ1) is 9.58. The minimum atomic E-state index is 0.390. The van der Waals surface area contributed by atoms with E-state index in [0.717, 1.165) is 24.2 Å². The van der Waals surface area contributed by atoms with Crippen molar-refractivity contribution in [3.8, 4) is 11.1 Å². The van der Waals surface area contributed by atoms with Crippen molar-refractivity contribution in [2.75, 3.05) is 18.0 Å². The Kier molecular flexibility index (Phi) is 4.84. The number of halogens is 2. The van der Waals surface area contributed by atoms with E-state index in [9.17, 15) is 0 Å². The average Bonchev–Trinajstić information content (AvgIpc) is 2.41. The quantitative estimate of drug-likeness (QED) is 0.773. The summed E-state index contributed by atoms with van der Waals surface area (Å²) < 4.78 is 0. The van der Waals surface area contributed by atoms with Gasteiger partial charge in [0.05, 0.1) is 5.56 Å². The molecule has 0 atom stereocenters. The zero-order valence-corrected chi connectivity index (χ0v) is 13.3. The van der Waals surface area contributed by atoms with Crippen LogP contribution in [0.15, 0.2) is 24.3 Å². The van der Waals surface area contributed by atoms with Crippen LogP contribution in [0, 0.1) is 6.92 Å². The van der Waals surface area contributed by atoms with Crippen molar-refractivity contribution in [3.05, 3.63) is 40.1 Å². The number of anilines is 1. The van der Waals surface area contributed by atoms with Gasteiger partial charge in [0.15, 0.2) is 0 Å². The molecule has 0 fully saturated rings. The lowest BCUT2D eigenvalue weighted by Gasteiger charge is -2.20. The summed E-state index contributed by atoms with van der Waals surface area (Å²) in [6, 6.07) is 7.92. The summed E-state index contributed by atoms with van der Waals surface area (Å²) in [5, 5.41) is 0.780. The second-order valence-corrected chi connectivity index (χ2v) is 5.18. The highest BCUT2D eigenvalue weighted by molar-refractivity contribution is 6.37. The fraction of sp³-hybridized carbons (Fsp3) is 0.333. The third-order valence-corrected chi connectivity index (χ3v) is 3.82. The molecule has 0 spiro atoms. The van der Waals surface area contributed by atoms with Crippen LogP contribution in [0.2, 0.25) is 10.3 Å². The number of aromatic nitrogens is 2. The van der Waals surface area contributed by atoms with Gasteiger partial charge in [-0.05, 0) is 31.9 Å². The third-order valence-electron chi connectivity index (χ3n) is 3.27. The van der Waals surface area contributed by atoms with Gasteiger partial charge in [0.25, 0.3) is 0 Å². The largest absolute Gasteiger partial charge is 0.341 e. The third kappa shape index (κ3) is 2.89. The van der Waals surface area contributed by atoms with Crippen LogP contribution in [-0.4, -0.2) is 23.1 Å². The van der Waals surface area contributed by atoms with E-state index in [1.807, 2.05) is 49.9 Å². The van der Waals surface area contributed by atoms with Crippen molar-refractivity contribution in [3.63, 3.8) is 0 Å². The fourth-order valence-corrected chi connectivity index (χ4v) is 2.70. The van der Waals surface area contributed by atoms with Crippen molar-refractivity contribution in [2.24, 2.45) is 0 Å². The molecule has 1 aromatic carbocycles. The first-order valence-corrected chi connectivity index (χ1v) is 7.38. The molecule has 0 unspecified atom stereocenters. The molecule has 0 aliphatic heterocycles. The smallest absolute Gasteiger partial charge is 0.228 e. The zero-order chi connectivity index (χ0) is 14.7. The number of nitrogens with zero attached hydrogens (tertiary/aromatic N) is 3. The molecule has 0 aliphatic rings. The Bertz CT molecular complexity index is 587. The predicted octanol–water partition coefficient (Wildman–Crippen LogP) is 4.61. The molecular formula is C15H17Cl2N3. The van der Waals surface area contributed by atoms with Crippen molar-refractivity contribution in [1.29, 1.82) is 0 Å². The van der Waals surface area contributed by atoms with Crippen LogP contribution >= 0.6 is 23.2 Å². The molecule has 2 aromatic rings. The maximum atomic E-state index is 6.34. The van der Waals surface area contributed by atoms with Crippen molar-refractivity contribution < 1.29 is 0 Å². The fourth-order valence-electron chi connectivity index (χ4n) is 2.12.